The van der Waals surface area contributed by atoms with Crippen molar-refractivity contribution in [3.05, 3.63) is 71.3 Å². The summed E-state index contributed by atoms with van der Waals surface area (Å²) < 4.78 is 0. The molecule has 8 nitrogen and oxygen atoms in total. The maximum atomic E-state index is 13.9. The number of carboxylic acid groups (broad SMARTS) is 1. The predicted octanol–water partition coefficient (Wildman–Crippen LogP) is 3.14. The zero-order valence-electron chi connectivity index (χ0n) is 22.6. The Balaban J connectivity index is 1.48. The zero-order valence-corrected chi connectivity index (χ0v) is 22.6. The number of nitrogens with two attached hydrogens (primary N) is 1. The van der Waals surface area contributed by atoms with Crippen LogP contribution in [0.1, 0.15) is 55.2 Å². The summed E-state index contributed by atoms with van der Waals surface area (Å²) in [6, 6.07) is 15.8. The van der Waals surface area contributed by atoms with E-state index in [9.17, 15) is 24.3 Å². The second-order valence-electron chi connectivity index (χ2n) is 11.0. The van der Waals surface area contributed by atoms with Gasteiger partial charge in [0.25, 0.3) is 0 Å². The van der Waals surface area contributed by atoms with Gasteiger partial charge in [0.1, 0.15) is 17.9 Å². The maximum absolute atomic E-state index is 13.9. The van der Waals surface area contributed by atoms with Crippen LogP contribution >= 0.6 is 0 Å². The summed E-state index contributed by atoms with van der Waals surface area (Å²) in [5.74, 6) is -2.22. The minimum atomic E-state index is -1.01. The van der Waals surface area contributed by atoms with Crippen LogP contribution in [0, 0.1) is 12.8 Å². The quantitative estimate of drug-likeness (QED) is 0.458. The van der Waals surface area contributed by atoms with Crippen molar-refractivity contribution in [2.45, 2.75) is 76.4 Å². The van der Waals surface area contributed by atoms with Crippen LogP contribution in [-0.4, -0.2) is 69.7 Å². The van der Waals surface area contributed by atoms with E-state index in [1.54, 1.807) is 4.90 Å². The number of rotatable bonds is 11. The molecule has 0 spiro atoms. The molecule has 2 heterocycles. The number of nitrogens with zero attached hydrogens (tertiary/aromatic N) is 2. The highest BCUT2D eigenvalue weighted by Crippen LogP contribution is 2.28. The van der Waals surface area contributed by atoms with Crippen LogP contribution in [0.4, 0.5) is 0 Å². The molecule has 4 rings (SSSR count). The molecule has 2 aromatic rings. The van der Waals surface area contributed by atoms with E-state index in [1.165, 1.54) is 4.90 Å². The summed E-state index contributed by atoms with van der Waals surface area (Å²) in [5, 5.41) is 9.56. The van der Waals surface area contributed by atoms with Gasteiger partial charge >= 0.3 is 5.97 Å². The Kier molecular flexibility index (Phi) is 9.51. The van der Waals surface area contributed by atoms with Gasteiger partial charge in [-0.3, -0.25) is 14.4 Å². The van der Waals surface area contributed by atoms with Crippen molar-refractivity contribution in [1.82, 2.24) is 9.80 Å². The number of hydrogen-bond acceptors (Lipinski definition) is 5. The largest absolute Gasteiger partial charge is 0.480 e. The van der Waals surface area contributed by atoms with Crippen molar-refractivity contribution in [2.75, 3.05) is 13.1 Å². The standard InChI is InChI=1S/C31H39N3O5/c1-21-11-13-23(14-12-21)17-24(19-26(35)20-25(32)18-22-7-3-2-4-8-22)29(36)33-15-5-9-27(33)30(37)34-16-6-10-28(34)31(38)39/h2-4,7-8,11-14,24-25,27-28H,5-6,9-10,15-20,32H2,1H3,(H,38,39)/t24-,25+,27+,28+/m1/s1. The predicted molar refractivity (Wildman–Crippen MR) is 148 cm³/mol. The van der Waals surface area contributed by atoms with Gasteiger partial charge in [0.15, 0.2) is 0 Å². The van der Waals surface area contributed by atoms with Crippen molar-refractivity contribution in [3.63, 3.8) is 0 Å². The Labute approximate surface area is 230 Å². The lowest BCUT2D eigenvalue weighted by atomic mass is 9.90. The van der Waals surface area contributed by atoms with E-state index in [4.69, 9.17) is 5.73 Å². The zero-order chi connectivity index (χ0) is 27.9. The molecule has 0 radical (unpaired) electrons. The smallest absolute Gasteiger partial charge is 0.326 e. The van der Waals surface area contributed by atoms with E-state index in [1.807, 2.05) is 61.5 Å². The molecule has 2 aliphatic rings. The first-order valence-corrected chi connectivity index (χ1v) is 13.9. The summed E-state index contributed by atoms with van der Waals surface area (Å²) >= 11 is 0. The number of carboxylic acids is 1. The molecule has 0 bridgehead atoms. The summed E-state index contributed by atoms with van der Waals surface area (Å²) in [5.41, 5.74) is 9.42. The molecule has 0 aliphatic carbocycles. The minimum Gasteiger partial charge on any atom is -0.480 e. The molecule has 4 atom stereocenters. The van der Waals surface area contributed by atoms with Crippen LogP contribution in [0.2, 0.25) is 0 Å². The number of benzene rings is 2. The van der Waals surface area contributed by atoms with E-state index >= 15 is 0 Å². The van der Waals surface area contributed by atoms with E-state index < -0.39 is 24.0 Å². The maximum Gasteiger partial charge on any atom is 0.326 e. The number of hydrogen-bond donors (Lipinski definition) is 2. The molecule has 208 valence electrons. The molecule has 2 amide bonds. The average molecular weight is 534 g/mol. The van der Waals surface area contributed by atoms with Gasteiger partial charge in [-0.15, -0.1) is 0 Å². The van der Waals surface area contributed by atoms with Gasteiger partial charge in [0.2, 0.25) is 11.8 Å². The monoisotopic (exact) mass is 533 g/mol. The molecule has 3 N–H and O–H groups in total. The van der Waals surface area contributed by atoms with Gasteiger partial charge in [-0.1, -0.05) is 60.2 Å². The van der Waals surface area contributed by atoms with Crippen LogP contribution in [0.25, 0.3) is 0 Å². The third kappa shape index (κ3) is 7.32. The Morgan fingerprint density at radius 2 is 1.46 bits per heavy atom. The van der Waals surface area contributed by atoms with Crippen molar-refractivity contribution >= 4 is 23.6 Å². The Hall–Kier alpha value is -3.52. The van der Waals surface area contributed by atoms with Crippen molar-refractivity contribution < 1.29 is 24.3 Å². The van der Waals surface area contributed by atoms with Crippen molar-refractivity contribution in [3.8, 4) is 0 Å². The number of ketones is 1. The lowest BCUT2D eigenvalue weighted by Gasteiger charge is -2.32. The number of likely N-dealkylation sites (tertiary alicyclic amines) is 2. The Morgan fingerprint density at radius 1 is 0.846 bits per heavy atom. The third-order valence-electron chi connectivity index (χ3n) is 7.90. The van der Waals surface area contributed by atoms with Crippen LogP contribution in [0.5, 0.6) is 0 Å². The van der Waals surface area contributed by atoms with Crippen molar-refractivity contribution in [2.24, 2.45) is 11.7 Å². The van der Waals surface area contributed by atoms with Gasteiger partial charge in [0, 0.05) is 37.9 Å². The molecular weight excluding hydrogens is 494 g/mol. The molecule has 2 aromatic carbocycles. The number of carbonyl (C=O) groups is 4. The molecule has 2 aliphatic heterocycles. The van der Waals surface area contributed by atoms with Gasteiger partial charge in [0.05, 0.1) is 0 Å². The molecule has 39 heavy (non-hydrogen) atoms. The lowest BCUT2D eigenvalue weighted by Crippen LogP contribution is -2.52. The lowest BCUT2D eigenvalue weighted by molar-refractivity contribution is -0.152. The molecule has 8 heteroatoms. The fraction of sp³-hybridized carbons (Fsp3) is 0.484. The summed E-state index contributed by atoms with van der Waals surface area (Å²) in [6.07, 6.45) is 3.41. The molecular formula is C31H39N3O5. The molecule has 2 saturated heterocycles. The average Bonchev–Trinajstić information content (AvgIpc) is 3.60. The first-order valence-electron chi connectivity index (χ1n) is 13.9. The molecule has 0 aromatic heterocycles. The Bertz CT molecular complexity index is 1170. The van der Waals surface area contributed by atoms with E-state index in [2.05, 4.69) is 0 Å². The number of aliphatic carboxylic acids is 1. The normalized spacial score (nSPS) is 20.6. The topological polar surface area (TPSA) is 121 Å². The number of Topliss-reactive ketones (excluding diaryl/α,β-unsaturated/α-hetero) is 1. The molecule has 0 saturated carbocycles. The highest BCUT2D eigenvalue weighted by molar-refractivity contribution is 5.93. The van der Waals surface area contributed by atoms with E-state index in [0.717, 1.165) is 16.7 Å². The van der Waals surface area contributed by atoms with Gasteiger partial charge in [-0.25, -0.2) is 4.79 Å². The number of aryl methyl sites for hydroxylation is 1. The third-order valence-corrected chi connectivity index (χ3v) is 7.90. The number of amides is 2. The molecule has 0 unspecified atom stereocenters. The first kappa shape index (κ1) is 28.5. The fourth-order valence-electron chi connectivity index (χ4n) is 5.90. The summed E-state index contributed by atoms with van der Waals surface area (Å²) in [4.78, 5) is 55.2. The highest BCUT2D eigenvalue weighted by Gasteiger charge is 2.43. The van der Waals surface area contributed by atoms with Crippen LogP contribution in [-0.2, 0) is 32.0 Å². The van der Waals surface area contributed by atoms with Crippen molar-refractivity contribution in [1.29, 1.82) is 0 Å². The fourth-order valence-corrected chi connectivity index (χ4v) is 5.90. The number of carbonyl (C=O) groups excluding carboxylic acids is 3. The van der Waals surface area contributed by atoms with Crippen LogP contribution < -0.4 is 5.73 Å². The first-order chi connectivity index (χ1) is 18.7. The molecule has 2 fully saturated rings. The van der Waals surface area contributed by atoms with E-state index in [0.29, 0.717) is 51.6 Å². The van der Waals surface area contributed by atoms with Crippen LogP contribution in [0.3, 0.4) is 0 Å². The second kappa shape index (κ2) is 13.0. The van der Waals surface area contributed by atoms with Gasteiger partial charge in [-0.2, -0.15) is 0 Å². The minimum absolute atomic E-state index is 0.0497. The van der Waals surface area contributed by atoms with Gasteiger partial charge < -0.3 is 20.6 Å². The van der Waals surface area contributed by atoms with Crippen LogP contribution in [0.15, 0.2) is 54.6 Å². The highest BCUT2D eigenvalue weighted by atomic mass is 16.4. The van der Waals surface area contributed by atoms with Gasteiger partial charge in [-0.05, 0) is 56.6 Å². The SMILES string of the molecule is Cc1ccc(C[C@H](CC(=O)C[C@@H](N)Cc2ccccc2)C(=O)N2CCC[C@H]2C(=O)N2CCC[C@H]2C(=O)O)cc1. The summed E-state index contributed by atoms with van der Waals surface area (Å²) in [7, 11) is 0. The summed E-state index contributed by atoms with van der Waals surface area (Å²) in [6.45, 7) is 2.80. The Morgan fingerprint density at radius 3 is 2.13 bits per heavy atom. The van der Waals surface area contributed by atoms with E-state index in [-0.39, 0.29) is 36.5 Å². The second-order valence-corrected chi connectivity index (χ2v) is 11.0.